The van der Waals surface area contributed by atoms with Crippen molar-refractivity contribution in [3.8, 4) is 6.07 Å². The molecule has 2 aromatic carbocycles. The molecule has 1 aliphatic heterocycles. The minimum Gasteiger partial charge on any atom is -0.480 e. The molecule has 6 N–H and O–H groups in total. The van der Waals surface area contributed by atoms with E-state index in [0.717, 1.165) is 13.0 Å². The summed E-state index contributed by atoms with van der Waals surface area (Å²) in [6.45, 7) is 3.32. The summed E-state index contributed by atoms with van der Waals surface area (Å²) in [5, 5.41) is 53.4. The molecule has 42 heavy (non-hydrogen) atoms. The first-order chi connectivity index (χ1) is 19.4. The number of aliphatic carboxylic acids is 1. The molecule has 0 saturated carbocycles. The second-order valence-electron chi connectivity index (χ2n) is 11.8. The molecule has 2 aromatic rings. The first kappa shape index (κ1) is 33.6. The average Bonchev–Trinajstić information content (AvgIpc) is 3.14. The normalized spacial score (nSPS) is 25.0. The van der Waals surface area contributed by atoms with E-state index in [9.17, 15) is 35.3 Å². The molecule has 6 atom stereocenters. The van der Waals surface area contributed by atoms with Gasteiger partial charge < -0.3 is 26.2 Å². The number of hydrogen-bond acceptors (Lipinski definition) is 7. The van der Waals surface area contributed by atoms with Crippen molar-refractivity contribution in [2.24, 2.45) is 11.1 Å². The summed E-state index contributed by atoms with van der Waals surface area (Å²) in [7, 11) is 0. The summed E-state index contributed by atoms with van der Waals surface area (Å²) in [6.07, 6.45) is -2.59. The monoisotopic (exact) mass is 627 g/mol. The molecule has 1 heterocycles. The van der Waals surface area contributed by atoms with Crippen molar-refractivity contribution >= 4 is 35.1 Å². The molecule has 1 amide bonds. The molecule has 0 bridgehead atoms. The van der Waals surface area contributed by atoms with Crippen LogP contribution in [-0.2, 0) is 15.0 Å². The van der Waals surface area contributed by atoms with E-state index in [4.69, 9.17) is 28.9 Å². The Balaban J connectivity index is 2.47. The number of β-amino-alcohol motifs (C(OH)–C–C–N with tert-alkyl or cyclic N) is 1. The maximum absolute atomic E-state index is 15.8. The third-order valence-corrected chi connectivity index (χ3v) is 8.54. The lowest BCUT2D eigenvalue weighted by Gasteiger charge is -2.42. The highest BCUT2D eigenvalue weighted by atomic mass is 35.5. The summed E-state index contributed by atoms with van der Waals surface area (Å²) in [5.41, 5.74) is -0.735. The summed E-state index contributed by atoms with van der Waals surface area (Å²) < 4.78 is 31.6. The second kappa shape index (κ2) is 12.4. The van der Waals surface area contributed by atoms with E-state index in [0.29, 0.717) is 0 Å². The summed E-state index contributed by atoms with van der Waals surface area (Å²) >= 11 is 12.1. The fourth-order valence-electron chi connectivity index (χ4n) is 5.90. The minimum absolute atomic E-state index is 0.00999. The van der Waals surface area contributed by atoms with Crippen LogP contribution in [0.15, 0.2) is 36.4 Å². The number of carboxylic acids is 1. The Kier molecular flexibility index (Phi) is 9.94. The van der Waals surface area contributed by atoms with Crippen molar-refractivity contribution in [1.82, 2.24) is 4.90 Å². The van der Waals surface area contributed by atoms with Crippen molar-refractivity contribution in [1.29, 1.82) is 5.26 Å². The zero-order valence-corrected chi connectivity index (χ0v) is 24.7. The Morgan fingerprint density at radius 2 is 1.86 bits per heavy atom. The number of carboxylic acid groups (broad SMARTS) is 1. The predicted octanol–water partition coefficient (Wildman–Crippen LogP) is 3.35. The van der Waals surface area contributed by atoms with E-state index in [1.165, 1.54) is 35.2 Å². The molecule has 9 nitrogen and oxygen atoms in total. The summed E-state index contributed by atoms with van der Waals surface area (Å²) in [5.74, 6) is -6.09. The van der Waals surface area contributed by atoms with Gasteiger partial charge in [-0.2, -0.15) is 5.26 Å². The number of carbonyl (C=O) groups is 2. The van der Waals surface area contributed by atoms with Gasteiger partial charge >= 0.3 is 5.97 Å². The molecule has 1 fully saturated rings. The molecule has 0 radical (unpaired) electrons. The molecule has 228 valence electrons. The zero-order valence-electron chi connectivity index (χ0n) is 23.2. The molecule has 0 spiro atoms. The Bertz CT molecular complexity index is 1400. The van der Waals surface area contributed by atoms with Crippen molar-refractivity contribution < 1.29 is 38.8 Å². The Hall–Kier alpha value is -2.85. The van der Waals surface area contributed by atoms with Crippen LogP contribution < -0.4 is 5.73 Å². The van der Waals surface area contributed by atoms with Crippen LogP contribution in [0.3, 0.4) is 0 Å². The van der Waals surface area contributed by atoms with Gasteiger partial charge in [0.1, 0.15) is 28.7 Å². The van der Waals surface area contributed by atoms with E-state index in [1.54, 1.807) is 13.8 Å². The van der Waals surface area contributed by atoms with Crippen molar-refractivity contribution in [2.75, 3.05) is 13.2 Å². The van der Waals surface area contributed by atoms with Gasteiger partial charge in [0.25, 0.3) is 0 Å². The van der Waals surface area contributed by atoms with Crippen LogP contribution in [0.5, 0.6) is 0 Å². The highest BCUT2D eigenvalue weighted by Gasteiger charge is 2.66. The zero-order chi connectivity index (χ0) is 31.8. The first-order valence-corrected chi connectivity index (χ1v) is 13.8. The molecule has 1 aliphatic rings. The largest absolute Gasteiger partial charge is 0.480 e. The number of benzene rings is 2. The highest BCUT2D eigenvalue weighted by Crippen LogP contribution is 2.57. The molecular formula is C29H33Cl2F2N3O6. The molecule has 13 heteroatoms. The number of nitriles is 1. The maximum atomic E-state index is 15.8. The van der Waals surface area contributed by atoms with Crippen LogP contribution in [0, 0.1) is 28.4 Å². The van der Waals surface area contributed by atoms with Crippen molar-refractivity contribution in [3.05, 3.63) is 69.2 Å². The van der Waals surface area contributed by atoms with Gasteiger partial charge in [0.2, 0.25) is 5.91 Å². The first-order valence-electron chi connectivity index (χ1n) is 13.0. The van der Waals surface area contributed by atoms with Gasteiger partial charge in [0.15, 0.2) is 0 Å². The van der Waals surface area contributed by atoms with E-state index in [-0.39, 0.29) is 27.6 Å². The van der Waals surface area contributed by atoms with Crippen molar-refractivity contribution in [2.45, 2.75) is 68.7 Å². The standard InChI is InChI=1S/C29H33Cl2F2N3O6/c1-27(2,14-37)11-20-29(12-34,17-8-7-15(30)9-19(17)32)23(16-5-4-6-18(31)24(16)33)25(26(40)41)36(20)13-28(3,42)21(38)10-22(35)39/h4-9,20-21,23,25,37-38,42H,10-11,13-14H2,1-3H3,(H2,35,39)(H,40,41)/t20-,21?,23-,25+,28?,29-/m1/s1. The molecule has 0 aliphatic carbocycles. The SMILES string of the molecule is CC(C)(CO)C[C@H]1N(CC(C)(O)C(O)CC(N)=O)[C@H](C(=O)O)[C@@H](c2cccc(Cl)c2F)[C@]1(C#N)c1ccc(Cl)cc1F. The van der Waals surface area contributed by atoms with E-state index < -0.39 is 83.6 Å². The third kappa shape index (κ3) is 6.25. The molecular weight excluding hydrogens is 595 g/mol. The van der Waals surface area contributed by atoms with Crippen LogP contribution in [0.1, 0.15) is 50.7 Å². The van der Waals surface area contributed by atoms with Gasteiger partial charge in [0, 0.05) is 35.7 Å². The number of amides is 1. The quantitative estimate of drug-likeness (QED) is 0.253. The van der Waals surface area contributed by atoms with Gasteiger partial charge in [-0.05, 0) is 42.5 Å². The average molecular weight is 629 g/mol. The van der Waals surface area contributed by atoms with Crippen LogP contribution in [0.2, 0.25) is 10.0 Å². The maximum Gasteiger partial charge on any atom is 0.321 e. The lowest BCUT2D eigenvalue weighted by Crippen LogP contribution is -2.56. The van der Waals surface area contributed by atoms with Crippen LogP contribution >= 0.6 is 23.2 Å². The molecule has 0 aromatic heterocycles. The number of nitrogens with two attached hydrogens (primary N) is 1. The molecule has 2 unspecified atom stereocenters. The van der Waals surface area contributed by atoms with E-state index >= 15 is 8.78 Å². The Morgan fingerprint density at radius 1 is 1.21 bits per heavy atom. The van der Waals surface area contributed by atoms with Gasteiger partial charge in [-0.1, -0.05) is 55.2 Å². The van der Waals surface area contributed by atoms with Crippen molar-refractivity contribution in [3.63, 3.8) is 0 Å². The van der Waals surface area contributed by atoms with E-state index in [1.807, 2.05) is 0 Å². The number of primary amides is 1. The lowest BCUT2D eigenvalue weighted by molar-refractivity contribution is -0.147. The van der Waals surface area contributed by atoms with Crippen LogP contribution in [-0.4, -0.2) is 74.1 Å². The highest BCUT2D eigenvalue weighted by molar-refractivity contribution is 6.31. The topological polar surface area (TPSA) is 168 Å². The number of aliphatic hydroxyl groups is 3. The summed E-state index contributed by atoms with van der Waals surface area (Å²) in [4.78, 5) is 25.8. The minimum atomic E-state index is -2.19. The van der Waals surface area contributed by atoms with Gasteiger partial charge in [-0.25, -0.2) is 8.78 Å². The van der Waals surface area contributed by atoms with Gasteiger partial charge in [0.05, 0.1) is 23.6 Å². The van der Waals surface area contributed by atoms with Crippen LogP contribution in [0.4, 0.5) is 8.78 Å². The predicted molar refractivity (Wildman–Crippen MR) is 151 cm³/mol. The second-order valence-corrected chi connectivity index (χ2v) is 12.6. The lowest BCUT2D eigenvalue weighted by atomic mass is 9.62. The molecule has 3 rings (SSSR count). The van der Waals surface area contributed by atoms with Crippen LogP contribution in [0.25, 0.3) is 0 Å². The summed E-state index contributed by atoms with van der Waals surface area (Å²) in [6, 6.07) is 6.33. The smallest absolute Gasteiger partial charge is 0.321 e. The third-order valence-electron chi connectivity index (χ3n) is 8.01. The van der Waals surface area contributed by atoms with Gasteiger partial charge in [-0.15, -0.1) is 0 Å². The number of hydrogen-bond donors (Lipinski definition) is 5. The Morgan fingerprint density at radius 3 is 2.38 bits per heavy atom. The fourth-order valence-corrected chi connectivity index (χ4v) is 6.24. The fraction of sp³-hybridized carbons (Fsp3) is 0.483. The number of rotatable bonds is 11. The number of halogens is 4. The number of nitrogens with zero attached hydrogens (tertiary/aromatic N) is 2. The number of aliphatic hydroxyl groups excluding tert-OH is 2. The molecule has 1 saturated heterocycles. The van der Waals surface area contributed by atoms with Gasteiger partial charge in [-0.3, -0.25) is 14.5 Å². The van der Waals surface area contributed by atoms with E-state index in [2.05, 4.69) is 6.07 Å². The Labute approximate surface area is 252 Å². The number of carbonyl (C=O) groups excluding carboxylic acids is 1. The number of likely N-dealkylation sites (tertiary alicyclic amines) is 1.